The minimum atomic E-state index is -0.204. The van der Waals surface area contributed by atoms with E-state index in [2.05, 4.69) is 15.1 Å². The van der Waals surface area contributed by atoms with Gasteiger partial charge in [-0.25, -0.2) is 0 Å². The van der Waals surface area contributed by atoms with Crippen molar-refractivity contribution in [3.8, 4) is 11.4 Å². The van der Waals surface area contributed by atoms with Crippen molar-refractivity contribution in [3.63, 3.8) is 0 Å². The van der Waals surface area contributed by atoms with Gasteiger partial charge in [0.1, 0.15) is 12.3 Å². The third-order valence-electron chi connectivity index (χ3n) is 4.20. The Morgan fingerprint density at radius 3 is 2.88 bits per heavy atom. The molecular formula is C17H16N4O3. The van der Waals surface area contributed by atoms with E-state index >= 15 is 0 Å². The van der Waals surface area contributed by atoms with Crippen LogP contribution in [0.5, 0.6) is 0 Å². The molecule has 0 saturated carbocycles. The predicted octanol–water partition coefficient (Wildman–Crippen LogP) is 3.09. The molecule has 3 aromatic heterocycles. The lowest BCUT2D eigenvalue weighted by molar-refractivity contribution is 0.0560. The fraction of sp³-hybridized carbons (Fsp3) is 0.294. The zero-order chi connectivity index (χ0) is 16.4. The van der Waals surface area contributed by atoms with Crippen LogP contribution in [0.15, 0.2) is 52.1 Å². The molecule has 0 aromatic carbocycles. The molecule has 0 radical (unpaired) electrons. The summed E-state index contributed by atoms with van der Waals surface area (Å²) >= 11 is 0. The van der Waals surface area contributed by atoms with Crippen molar-refractivity contribution in [2.75, 3.05) is 6.54 Å². The van der Waals surface area contributed by atoms with E-state index in [4.69, 9.17) is 8.94 Å². The molecule has 1 unspecified atom stereocenters. The number of piperidine rings is 1. The minimum Gasteiger partial charge on any atom is -0.472 e. The van der Waals surface area contributed by atoms with E-state index in [0.29, 0.717) is 23.8 Å². The summed E-state index contributed by atoms with van der Waals surface area (Å²) in [7, 11) is 0. The lowest BCUT2D eigenvalue weighted by atomic mass is 10.0. The Morgan fingerprint density at radius 2 is 2.08 bits per heavy atom. The van der Waals surface area contributed by atoms with Gasteiger partial charge in [-0.2, -0.15) is 4.98 Å². The second-order valence-corrected chi connectivity index (χ2v) is 5.71. The molecule has 24 heavy (non-hydrogen) atoms. The van der Waals surface area contributed by atoms with Gasteiger partial charge in [0.15, 0.2) is 0 Å². The second-order valence-electron chi connectivity index (χ2n) is 5.71. The fourth-order valence-corrected chi connectivity index (χ4v) is 2.97. The van der Waals surface area contributed by atoms with Crippen molar-refractivity contribution < 1.29 is 13.7 Å². The molecule has 4 heterocycles. The van der Waals surface area contributed by atoms with Crippen LogP contribution in [0, 0.1) is 0 Å². The Labute approximate surface area is 138 Å². The molecular weight excluding hydrogens is 308 g/mol. The van der Waals surface area contributed by atoms with E-state index in [-0.39, 0.29) is 11.9 Å². The van der Waals surface area contributed by atoms with Crippen molar-refractivity contribution in [2.24, 2.45) is 0 Å². The number of carbonyl (C=O) groups is 1. The molecule has 0 bridgehead atoms. The molecule has 0 aliphatic carbocycles. The van der Waals surface area contributed by atoms with Crippen LogP contribution < -0.4 is 0 Å². The first-order valence-corrected chi connectivity index (χ1v) is 7.90. The van der Waals surface area contributed by atoms with Crippen LogP contribution in [0.1, 0.15) is 41.6 Å². The summed E-state index contributed by atoms with van der Waals surface area (Å²) in [6.07, 6.45) is 9.12. The Bertz CT molecular complexity index is 814. The van der Waals surface area contributed by atoms with Crippen LogP contribution in [-0.4, -0.2) is 32.5 Å². The highest BCUT2D eigenvalue weighted by Crippen LogP contribution is 2.32. The molecule has 7 heteroatoms. The van der Waals surface area contributed by atoms with Gasteiger partial charge in [-0.05, 0) is 37.5 Å². The van der Waals surface area contributed by atoms with Crippen LogP contribution >= 0.6 is 0 Å². The standard InChI is InChI=1S/C17H16N4O3/c22-17(13-6-10-23-11-13)21-9-2-1-3-14(21)16-19-15(20-24-16)12-4-7-18-8-5-12/h4-8,10-11,14H,1-3,9H2. The van der Waals surface area contributed by atoms with Gasteiger partial charge in [0.05, 0.1) is 11.8 Å². The number of nitrogens with zero attached hydrogens (tertiary/aromatic N) is 4. The smallest absolute Gasteiger partial charge is 0.257 e. The summed E-state index contributed by atoms with van der Waals surface area (Å²) in [5, 5.41) is 4.05. The molecule has 1 saturated heterocycles. The van der Waals surface area contributed by atoms with Gasteiger partial charge in [-0.3, -0.25) is 9.78 Å². The Morgan fingerprint density at radius 1 is 1.21 bits per heavy atom. The maximum atomic E-state index is 12.7. The molecule has 122 valence electrons. The lowest BCUT2D eigenvalue weighted by Crippen LogP contribution is -2.38. The first kappa shape index (κ1) is 14.6. The van der Waals surface area contributed by atoms with Crippen LogP contribution in [0.25, 0.3) is 11.4 Å². The molecule has 0 N–H and O–H groups in total. The van der Waals surface area contributed by atoms with Crippen LogP contribution in [0.2, 0.25) is 0 Å². The quantitative estimate of drug-likeness (QED) is 0.736. The van der Waals surface area contributed by atoms with Gasteiger partial charge in [0, 0.05) is 24.5 Å². The number of pyridine rings is 1. The van der Waals surface area contributed by atoms with E-state index in [0.717, 1.165) is 24.8 Å². The summed E-state index contributed by atoms with van der Waals surface area (Å²) in [4.78, 5) is 23.0. The number of carbonyl (C=O) groups excluding carboxylic acids is 1. The van der Waals surface area contributed by atoms with Crippen molar-refractivity contribution in [3.05, 3.63) is 54.6 Å². The van der Waals surface area contributed by atoms with Gasteiger partial charge in [-0.1, -0.05) is 5.16 Å². The molecule has 1 fully saturated rings. The van der Waals surface area contributed by atoms with Crippen molar-refractivity contribution in [1.82, 2.24) is 20.0 Å². The third kappa shape index (κ3) is 2.68. The summed E-state index contributed by atoms with van der Waals surface area (Å²) in [6.45, 7) is 0.668. The monoisotopic (exact) mass is 324 g/mol. The Kier molecular flexibility index (Phi) is 3.82. The summed E-state index contributed by atoms with van der Waals surface area (Å²) in [6, 6.07) is 5.11. The number of likely N-dealkylation sites (tertiary alicyclic amines) is 1. The second kappa shape index (κ2) is 6.27. The molecule has 1 aliphatic rings. The van der Waals surface area contributed by atoms with E-state index in [1.165, 1.54) is 12.5 Å². The molecule has 0 spiro atoms. The highest BCUT2D eigenvalue weighted by atomic mass is 16.5. The van der Waals surface area contributed by atoms with Crippen LogP contribution in [-0.2, 0) is 0 Å². The Hall–Kier alpha value is -2.96. The average Bonchev–Trinajstić information content (AvgIpc) is 3.34. The number of amides is 1. The third-order valence-corrected chi connectivity index (χ3v) is 4.20. The van der Waals surface area contributed by atoms with Gasteiger partial charge < -0.3 is 13.8 Å². The number of hydrogen-bond donors (Lipinski definition) is 0. The van der Waals surface area contributed by atoms with Gasteiger partial charge >= 0.3 is 0 Å². The number of furan rings is 1. The van der Waals surface area contributed by atoms with E-state index in [1.54, 1.807) is 23.4 Å². The van der Waals surface area contributed by atoms with Crippen LogP contribution in [0.3, 0.4) is 0 Å². The van der Waals surface area contributed by atoms with Crippen molar-refractivity contribution >= 4 is 5.91 Å². The summed E-state index contributed by atoms with van der Waals surface area (Å²) < 4.78 is 10.5. The average molecular weight is 324 g/mol. The first-order chi connectivity index (χ1) is 11.8. The molecule has 1 atom stereocenters. The molecule has 1 amide bonds. The molecule has 4 rings (SSSR count). The fourth-order valence-electron chi connectivity index (χ4n) is 2.97. The number of rotatable bonds is 3. The van der Waals surface area contributed by atoms with E-state index in [9.17, 15) is 4.79 Å². The highest BCUT2D eigenvalue weighted by molar-refractivity contribution is 5.94. The largest absolute Gasteiger partial charge is 0.472 e. The Balaban J connectivity index is 1.62. The van der Waals surface area contributed by atoms with Crippen molar-refractivity contribution in [2.45, 2.75) is 25.3 Å². The van der Waals surface area contributed by atoms with Crippen molar-refractivity contribution in [1.29, 1.82) is 0 Å². The first-order valence-electron chi connectivity index (χ1n) is 7.90. The maximum Gasteiger partial charge on any atom is 0.257 e. The van der Waals surface area contributed by atoms with E-state index < -0.39 is 0 Å². The van der Waals surface area contributed by atoms with Gasteiger partial charge in [-0.15, -0.1) is 0 Å². The highest BCUT2D eigenvalue weighted by Gasteiger charge is 2.33. The number of aromatic nitrogens is 3. The van der Waals surface area contributed by atoms with Crippen LogP contribution in [0.4, 0.5) is 0 Å². The zero-order valence-corrected chi connectivity index (χ0v) is 13.0. The number of hydrogen-bond acceptors (Lipinski definition) is 6. The van der Waals surface area contributed by atoms with E-state index in [1.807, 2.05) is 12.1 Å². The van der Waals surface area contributed by atoms with Gasteiger partial charge in [0.2, 0.25) is 11.7 Å². The lowest BCUT2D eigenvalue weighted by Gasteiger charge is -2.33. The zero-order valence-electron chi connectivity index (χ0n) is 13.0. The predicted molar refractivity (Wildman–Crippen MR) is 83.9 cm³/mol. The molecule has 7 nitrogen and oxygen atoms in total. The summed E-state index contributed by atoms with van der Waals surface area (Å²) in [5.74, 6) is 0.907. The molecule has 1 aliphatic heterocycles. The van der Waals surface area contributed by atoms with Gasteiger partial charge in [0.25, 0.3) is 5.91 Å². The SMILES string of the molecule is O=C(c1ccoc1)N1CCCCC1c1nc(-c2ccncc2)no1. The maximum absolute atomic E-state index is 12.7. The summed E-state index contributed by atoms with van der Waals surface area (Å²) in [5.41, 5.74) is 1.37. The molecule has 3 aromatic rings. The normalized spacial score (nSPS) is 17.8. The minimum absolute atomic E-state index is 0.0721. The topological polar surface area (TPSA) is 85.3 Å².